The van der Waals surface area contributed by atoms with Crippen molar-refractivity contribution in [2.75, 3.05) is 5.43 Å². The number of anilines is 1. The zero-order chi connectivity index (χ0) is 15.5. The number of nitrogens with zero attached hydrogens (tertiary/aromatic N) is 1. The Hall–Kier alpha value is -2.02. The fourth-order valence-corrected chi connectivity index (χ4v) is 1.95. The molecule has 110 valence electrons. The normalized spacial score (nSPS) is 11.8. The predicted molar refractivity (Wildman–Crippen MR) is 78.5 cm³/mol. The van der Waals surface area contributed by atoms with Crippen LogP contribution in [0.2, 0.25) is 0 Å². The van der Waals surface area contributed by atoms with Crippen LogP contribution in [-0.2, 0) is 6.18 Å². The minimum absolute atomic E-state index is 0.0211. The van der Waals surface area contributed by atoms with Crippen LogP contribution in [0.3, 0.4) is 0 Å². The van der Waals surface area contributed by atoms with Crippen molar-refractivity contribution in [3.05, 3.63) is 58.1 Å². The van der Waals surface area contributed by atoms with Gasteiger partial charge in [0.05, 0.1) is 17.5 Å². The molecule has 0 aromatic heterocycles. The van der Waals surface area contributed by atoms with Gasteiger partial charge in [-0.3, -0.25) is 5.43 Å². The summed E-state index contributed by atoms with van der Waals surface area (Å²) in [6.07, 6.45) is -3.08. The van der Waals surface area contributed by atoms with E-state index in [1.54, 1.807) is 12.1 Å². The lowest BCUT2D eigenvalue weighted by molar-refractivity contribution is -0.137. The minimum atomic E-state index is -4.40. The molecule has 0 aliphatic carbocycles. The van der Waals surface area contributed by atoms with Gasteiger partial charge in [-0.1, -0.05) is 22.0 Å². The molecule has 7 heteroatoms. The Kier molecular flexibility index (Phi) is 4.52. The Morgan fingerprint density at radius 2 is 1.90 bits per heavy atom. The molecule has 0 radical (unpaired) electrons. The van der Waals surface area contributed by atoms with Crippen molar-refractivity contribution in [1.82, 2.24) is 0 Å². The standard InChI is InChI=1S/C14H10BrF3N2O/c15-11-4-5-13(21)9(6-11)8-19-20-12-3-1-2-10(7-12)14(16,17)18/h1-8,20-21H/b19-8+. The van der Waals surface area contributed by atoms with E-state index >= 15 is 0 Å². The Morgan fingerprint density at radius 1 is 1.14 bits per heavy atom. The maximum atomic E-state index is 12.5. The van der Waals surface area contributed by atoms with Gasteiger partial charge in [-0.25, -0.2) is 0 Å². The fraction of sp³-hybridized carbons (Fsp3) is 0.0714. The molecule has 0 amide bonds. The van der Waals surface area contributed by atoms with Crippen LogP contribution in [-0.4, -0.2) is 11.3 Å². The van der Waals surface area contributed by atoms with Crippen molar-refractivity contribution in [2.24, 2.45) is 5.10 Å². The predicted octanol–water partition coefficient (Wildman–Crippen LogP) is 4.62. The first-order valence-electron chi connectivity index (χ1n) is 5.81. The summed E-state index contributed by atoms with van der Waals surface area (Å²) >= 11 is 3.25. The van der Waals surface area contributed by atoms with Crippen LogP contribution in [0.15, 0.2) is 52.0 Å². The number of hydrogen-bond acceptors (Lipinski definition) is 3. The largest absolute Gasteiger partial charge is 0.507 e. The fourth-order valence-electron chi connectivity index (χ4n) is 1.57. The molecule has 2 N–H and O–H groups in total. The van der Waals surface area contributed by atoms with Crippen LogP contribution in [0, 0.1) is 0 Å². The molecule has 0 bridgehead atoms. The maximum Gasteiger partial charge on any atom is 0.416 e. The lowest BCUT2D eigenvalue weighted by Crippen LogP contribution is -2.05. The Bertz CT molecular complexity index is 672. The number of hydrazone groups is 1. The number of phenolic OH excluding ortho intramolecular Hbond substituents is 1. The van der Waals surface area contributed by atoms with E-state index in [1.807, 2.05) is 0 Å². The molecule has 2 aromatic rings. The first kappa shape index (κ1) is 15.4. The third kappa shape index (κ3) is 4.22. The molecule has 0 heterocycles. The van der Waals surface area contributed by atoms with E-state index in [0.717, 1.165) is 16.6 Å². The smallest absolute Gasteiger partial charge is 0.416 e. The zero-order valence-electron chi connectivity index (χ0n) is 10.5. The SMILES string of the molecule is Oc1ccc(Br)cc1/C=N/Nc1cccc(C(F)(F)F)c1. The number of benzene rings is 2. The Morgan fingerprint density at radius 3 is 2.62 bits per heavy atom. The highest BCUT2D eigenvalue weighted by Crippen LogP contribution is 2.30. The van der Waals surface area contributed by atoms with Crippen LogP contribution in [0.5, 0.6) is 5.75 Å². The van der Waals surface area contributed by atoms with Crippen molar-refractivity contribution in [1.29, 1.82) is 0 Å². The van der Waals surface area contributed by atoms with Crippen LogP contribution in [0.4, 0.5) is 18.9 Å². The molecule has 0 fully saturated rings. The lowest BCUT2D eigenvalue weighted by atomic mass is 10.2. The number of rotatable bonds is 3. The first-order chi connectivity index (χ1) is 9.86. The molecule has 0 saturated heterocycles. The quantitative estimate of drug-likeness (QED) is 0.621. The van der Waals surface area contributed by atoms with E-state index in [4.69, 9.17) is 0 Å². The molecule has 21 heavy (non-hydrogen) atoms. The summed E-state index contributed by atoms with van der Waals surface area (Å²) in [5.41, 5.74) is 2.38. The summed E-state index contributed by atoms with van der Waals surface area (Å²) in [6.45, 7) is 0. The summed E-state index contributed by atoms with van der Waals surface area (Å²) < 4.78 is 38.4. The van der Waals surface area contributed by atoms with Gasteiger partial charge in [0.15, 0.2) is 0 Å². The number of hydrogen-bond donors (Lipinski definition) is 2. The van der Waals surface area contributed by atoms with Crippen LogP contribution < -0.4 is 5.43 Å². The summed E-state index contributed by atoms with van der Waals surface area (Å²) in [5, 5.41) is 13.4. The topological polar surface area (TPSA) is 44.6 Å². The third-order valence-electron chi connectivity index (χ3n) is 2.58. The van der Waals surface area contributed by atoms with E-state index in [1.165, 1.54) is 24.4 Å². The van der Waals surface area contributed by atoms with Gasteiger partial charge in [0, 0.05) is 10.0 Å². The van der Waals surface area contributed by atoms with Crippen LogP contribution in [0.25, 0.3) is 0 Å². The summed E-state index contributed by atoms with van der Waals surface area (Å²) in [4.78, 5) is 0. The molecule has 0 unspecified atom stereocenters. The van der Waals surface area contributed by atoms with Crippen molar-refractivity contribution in [3.63, 3.8) is 0 Å². The highest BCUT2D eigenvalue weighted by molar-refractivity contribution is 9.10. The number of halogens is 4. The minimum Gasteiger partial charge on any atom is -0.507 e. The van der Waals surface area contributed by atoms with E-state index in [0.29, 0.717) is 5.56 Å². The van der Waals surface area contributed by atoms with Crippen LogP contribution in [0.1, 0.15) is 11.1 Å². The van der Waals surface area contributed by atoms with Gasteiger partial charge in [-0.15, -0.1) is 0 Å². The number of nitrogens with one attached hydrogen (secondary N) is 1. The van der Waals surface area contributed by atoms with Gasteiger partial charge >= 0.3 is 6.18 Å². The van der Waals surface area contributed by atoms with Gasteiger partial charge < -0.3 is 5.11 Å². The molecule has 3 nitrogen and oxygen atoms in total. The molecule has 0 spiro atoms. The van der Waals surface area contributed by atoms with E-state index in [2.05, 4.69) is 26.5 Å². The molecule has 2 rings (SSSR count). The number of phenols is 1. The van der Waals surface area contributed by atoms with Gasteiger partial charge in [0.25, 0.3) is 0 Å². The third-order valence-corrected chi connectivity index (χ3v) is 3.07. The average molecular weight is 359 g/mol. The van der Waals surface area contributed by atoms with Crippen molar-refractivity contribution in [3.8, 4) is 5.75 Å². The highest BCUT2D eigenvalue weighted by atomic mass is 79.9. The van der Waals surface area contributed by atoms with Crippen LogP contribution >= 0.6 is 15.9 Å². The van der Waals surface area contributed by atoms with E-state index < -0.39 is 11.7 Å². The monoisotopic (exact) mass is 358 g/mol. The second-order valence-electron chi connectivity index (χ2n) is 4.15. The summed E-state index contributed by atoms with van der Waals surface area (Å²) in [7, 11) is 0. The van der Waals surface area contributed by atoms with Crippen molar-refractivity contribution < 1.29 is 18.3 Å². The summed E-state index contributed by atoms with van der Waals surface area (Å²) in [5.74, 6) is 0.0211. The molecule has 0 aliphatic heterocycles. The highest BCUT2D eigenvalue weighted by Gasteiger charge is 2.30. The number of aromatic hydroxyl groups is 1. The molecule has 0 aliphatic rings. The van der Waals surface area contributed by atoms with E-state index in [9.17, 15) is 18.3 Å². The van der Waals surface area contributed by atoms with Gasteiger partial charge in [0.1, 0.15) is 5.75 Å². The van der Waals surface area contributed by atoms with E-state index in [-0.39, 0.29) is 11.4 Å². The van der Waals surface area contributed by atoms with Gasteiger partial charge in [-0.05, 0) is 36.4 Å². The Balaban J connectivity index is 2.13. The molecular weight excluding hydrogens is 349 g/mol. The lowest BCUT2D eigenvalue weighted by Gasteiger charge is -2.08. The number of alkyl halides is 3. The summed E-state index contributed by atoms with van der Waals surface area (Å²) in [6, 6.07) is 9.47. The maximum absolute atomic E-state index is 12.5. The molecule has 0 atom stereocenters. The zero-order valence-corrected chi connectivity index (χ0v) is 12.1. The second kappa shape index (κ2) is 6.17. The molecule has 0 saturated carbocycles. The average Bonchev–Trinajstić information content (AvgIpc) is 2.42. The Labute approximate surface area is 127 Å². The van der Waals surface area contributed by atoms with Crippen molar-refractivity contribution in [2.45, 2.75) is 6.18 Å². The molecular formula is C14H10BrF3N2O. The molecule has 2 aromatic carbocycles. The van der Waals surface area contributed by atoms with Gasteiger partial charge in [0.2, 0.25) is 0 Å². The van der Waals surface area contributed by atoms with Gasteiger partial charge in [-0.2, -0.15) is 18.3 Å². The first-order valence-corrected chi connectivity index (χ1v) is 6.60. The second-order valence-corrected chi connectivity index (χ2v) is 5.07. The van der Waals surface area contributed by atoms with Crippen molar-refractivity contribution >= 4 is 27.8 Å².